The van der Waals surface area contributed by atoms with E-state index in [1.807, 2.05) is 24.3 Å². The number of nitrogens with zero attached hydrogens (tertiary/aromatic N) is 3. The van der Waals surface area contributed by atoms with Crippen molar-refractivity contribution >= 4 is 23.9 Å². The fourth-order valence-corrected chi connectivity index (χ4v) is 2.49. The molecular weight excluding hydrogens is 374 g/mol. The molecule has 0 spiro atoms. The highest BCUT2D eigenvalue weighted by atomic mass is 16.6. The van der Waals surface area contributed by atoms with E-state index in [9.17, 15) is 14.9 Å². The van der Waals surface area contributed by atoms with Crippen molar-refractivity contribution < 1.29 is 14.5 Å². The Morgan fingerprint density at radius 3 is 2.72 bits per heavy atom. The number of rotatable bonds is 7. The molecule has 0 aliphatic heterocycles. The number of ether oxygens (including phenoxy) is 1. The van der Waals surface area contributed by atoms with E-state index in [1.165, 1.54) is 24.4 Å². The molecule has 29 heavy (non-hydrogen) atoms. The normalized spacial score (nSPS) is 11.1. The molecular formula is C20H17N5O4. The number of non-ortho nitro benzene ring substituents is 1. The summed E-state index contributed by atoms with van der Waals surface area (Å²) >= 11 is 0. The van der Waals surface area contributed by atoms with Gasteiger partial charge in [0.2, 0.25) is 0 Å². The van der Waals surface area contributed by atoms with Gasteiger partial charge in [-0.2, -0.15) is 10.2 Å². The summed E-state index contributed by atoms with van der Waals surface area (Å²) in [5.41, 5.74) is 4.61. The zero-order valence-corrected chi connectivity index (χ0v) is 15.4. The average Bonchev–Trinajstić information content (AvgIpc) is 3.24. The van der Waals surface area contributed by atoms with Crippen LogP contribution in [0.1, 0.15) is 16.1 Å². The fourth-order valence-electron chi connectivity index (χ4n) is 2.49. The second-order valence-electron chi connectivity index (χ2n) is 5.79. The molecule has 0 saturated heterocycles. The minimum Gasteiger partial charge on any atom is -0.496 e. The molecule has 3 rings (SSSR count). The molecule has 1 aromatic heterocycles. The van der Waals surface area contributed by atoms with Gasteiger partial charge in [-0.1, -0.05) is 18.2 Å². The van der Waals surface area contributed by atoms with Gasteiger partial charge in [0.15, 0.2) is 0 Å². The van der Waals surface area contributed by atoms with Crippen LogP contribution in [0.5, 0.6) is 5.75 Å². The first-order valence-electron chi connectivity index (χ1n) is 8.52. The Kier molecular flexibility index (Phi) is 6.11. The van der Waals surface area contributed by atoms with Gasteiger partial charge in [-0.25, -0.2) is 5.43 Å². The van der Waals surface area contributed by atoms with Crippen molar-refractivity contribution in [1.82, 2.24) is 15.6 Å². The molecule has 1 heterocycles. The van der Waals surface area contributed by atoms with Crippen molar-refractivity contribution in [3.63, 3.8) is 0 Å². The van der Waals surface area contributed by atoms with Crippen molar-refractivity contribution in [2.24, 2.45) is 5.10 Å². The number of methoxy groups -OCH3 is 1. The number of nitro groups is 1. The van der Waals surface area contributed by atoms with Crippen molar-refractivity contribution in [2.45, 2.75) is 0 Å². The van der Waals surface area contributed by atoms with E-state index in [-0.39, 0.29) is 11.4 Å². The molecule has 0 atom stereocenters. The number of aromatic nitrogens is 2. The zero-order valence-electron chi connectivity index (χ0n) is 15.4. The van der Waals surface area contributed by atoms with Crippen molar-refractivity contribution in [3.05, 3.63) is 82.0 Å². The largest absolute Gasteiger partial charge is 0.496 e. The highest BCUT2D eigenvalue weighted by Crippen LogP contribution is 2.21. The Labute approximate surface area is 165 Å². The van der Waals surface area contributed by atoms with E-state index < -0.39 is 10.8 Å². The summed E-state index contributed by atoms with van der Waals surface area (Å²) in [6, 6.07) is 14.9. The van der Waals surface area contributed by atoms with E-state index in [0.717, 1.165) is 11.3 Å². The number of carbonyl (C=O) groups is 1. The highest BCUT2D eigenvalue weighted by Gasteiger charge is 2.11. The number of H-pyrrole nitrogens is 1. The van der Waals surface area contributed by atoms with E-state index in [4.69, 9.17) is 4.74 Å². The minimum absolute atomic E-state index is 0.0160. The zero-order chi connectivity index (χ0) is 20.6. The number of hydrogen-bond donors (Lipinski definition) is 2. The van der Waals surface area contributed by atoms with Crippen LogP contribution in [-0.4, -0.2) is 34.4 Å². The Morgan fingerprint density at radius 2 is 2.00 bits per heavy atom. The second-order valence-corrected chi connectivity index (χ2v) is 5.79. The van der Waals surface area contributed by atoms with Crippen LogP contribution >= 0.6 is 0 Å². The van der Waals surface area contributed by atoms with Crippen LogP contribution in [0.15, 0.2) is 65.8 Å². The maximum atomic E-state index is 12.1. The third-order valence-corrected chi connectivity index (χ3v) is 3.94. The monoisotopic (exact) mass is 391 g/mol. The molecule has 0 fully saturated rings. The lowest BCUT2D eigenvalue weighted by atomic mass is 10.1. The molecule has 1 amide bonds. The maximum Gasteiger partial charge on any atom is 0.289 e. The minimum atomic E-state index is -0.479. The summed E-state index contributed by atoms with van der Waals surface area (Å²) in [6.45, 7) is 0. The van der Waals surface area contributed by atoms with Gasteiger partial charge in [-0.05, 0) is 36.4 Å². The number of benzene rings is 2. The van der Waals surface area contributed by atoms with Crippen LogP contribution in [0.3, 0.4) is 0 Å². The number of hydrogen-bond acceptors (Lipinski definition) is 6. The van der Waals surface area contributed by atoms with Gasteiger partial charge in [-0.15, -0.1) is 0 Å². The van der Waals surface area contributed by atoms with Gasteiger partial charge in [0.05, 0.1) is 17.7 Å². The molecule has 9 heteroatoms. The third kappa shape index (κ3) is 4.92. The van der Waals surface area contributed by atoms with Crippen molar-refractivity contribution in [3.8, 4) is 17.0 Å². The molecule has 0 unspecified atom stereocenters. The van der Waals surface area contributed by atoms with Crippen LogP contribution in [0, 0.1) is 10.1 Å². The Hall–Kier alpha value is -4.27. The molecule has 9 nitrogen and oxygen atoms in total. The summed E-state index contributed by atoms with van der Waals surface area (Å²) in [7, 11) is 1.59. The highest BCUT2D eigenvalue weighted by molar-refractivity contribution is 5.94. The lowest BCUT2D eigenvalue weighted by Crippen LogP contribution is -2.17. The lowest BCUT2D eigenvalue weighted by Gasteiger charge is -2.02. The molecule has 146 valence electrons. The predicted molar refractivity (Wildman–Crippen MR) is 109 cm³/mol. The van der Waals surface area contributed by atoms with Gasteiger partial charge in [0, 0.05) is 29.5 Å². The van der Waals surface area contributed by atoms with Gasteiger partial charge in [0.1, 0.15) is 11.4 Å². The molecule has 0 bridgehead atoms. The van der Waals surface area contributed by atoms with E-state index in [0.29, 0.717) is 11.3 Å². The van der Waals surface area contributed by atoms with Gasteiger partial charge < -0.3 is 4.74 Å². The number of carbonyl (C=O) groups excluding carboxylic acids is 1. The summed E-state index contributed by atoms with van der Waals surface area (Å²) in [5.74, 6) is 0.269. The molecule has 2 N–H and O–H groups in total. The average molecular weight is 391 g/mol. The van der Waals surface area contributed by atoms with Crippen LogP contribution < -0.4 is 10.2 Å². The number of allylic oxidation sites excluding steroid dienone is 1. The molecule has 0 aliphatic rings. The first-order valence-corrected chi connectivity index (χ1v) is 8.52. The van der Waals surface area contributed by atoms with Crippen LogP contribution in [-0.2, 0) is 0 Å². The van der Waals surface area contributed by atoms with E-state index >= 15 is 0 Å². The van der Waals surface area contributed by atoms with Crippen molar-refractivity contribution in [1.29, 1.82) is 0 Å². The SMILES string of the molecule is COc1ccccc1/C=C/C=N\NC(=O)c1cc(-c2ccc([N+](=O)[O-])cc2)n[nH]1. The van der Waals surface area contributed by atoms with Crippen LogP contribution in [0.2, 0.25) is 0 Å². The number of nitro benzene ring substituents is 1. The molecule has 0 radical (unpaired) electrons. The van der Waals surface area contributed by atoms with Gasteiger partial charge in [-0.3, -0.25) is 20.0 Å². The summed E-state index contributed by atoms with van der Waals surface area (Å²) in [4.78, 5) is 22.4. The number of aromatic amines is 1. The van der Waals surface area contributed by atoms with Crippen molar-refractivity contribution in [2.75, 3.05) is 7.11 Å². The third-order valence-electron chi connectivity index (χ3n) is 3.94. The Balaban J connectivity index is 1.59. The van der Waals surface area contributed by atoms with E-state index in [1.54, 1.807) is 31.4 Å². The van der Waals surface area contributed by atoms with Gasteiger partial charge >= 0.3 is 0 Å². The summed E-state index contributed by atoms with van der Waals surface area (Å²) in [6.07, 6.45) is 4.92. The van der Waals surface area contributed by atoms with Gasteiger partial charge in [0.25, 0.3) is 11.6 Å². The topological polar surface area (TPSA) is 123 Å². The van der Waals surface area contributed by atoms with Crippen LogP contribution in [0.4, 0.5) is 5.69 Å². The Morgan fingerprint density at radius 1 is 1.24 bits per heavy atom. The number of hydrazone groups is 1. The standard InChI is InChI=1S/C20H17N5O4/c1-29-19-7-3-2-5-15(19)6-4-12-21-24-20(26)18-13-17(22-23-18)14-8-10-16(11-9-14)25(27)28/h2-13H,1H3,(H,22,23)(H,24,26)/b6-4+,21-12-. The molecule has 0 aliphatic carbocycles. The van der Waals surface area contributed by atoms with E-state index in [2.05, 4.69) is 20.7 Å². The fraction of sp³-hybridized carbons (Fsp3) is 0.0500. The van der Waals surface area contributed by atoms with Crippen LogP contribution in [0.25, 0.3) is 17.3 Å². The smallest absolute Gasteiger partial charge is 0.289 e. The number of para-hydroxylation sites is 1. The molecule has 2 aromatic carbocycles. The summed E-state index contributed by atoms with van der Waals surface area (Å²) < 4.78 is 5.25. The Bertz CT molecular complexity index is 1070. The number of nitrogens with one attached hydrogen (secondary N) is 2. The molecule has 3 aromatic rings. The molecule has 0 saturated carbocycles. The quantitative estimate of drug-likeness (QED) is 0.363. The number of amides is 1. The predicted octanol–water partition coefficient (Wildman–Crippen LogP) is 3.42. The lowest BCUT2D eigenvalue weighted by molar-refractivity contribution is -0.384. The first kappa shape index (κ1) is 19.5. The second kappa shape index (κ2) is 9.09. The maximum absolute atomic E-state index is 12.1. The summed E-state index contributed by atoms with van der Waals surface area (Å²) in [5, 5.41) is 21.2. The first-order chi connectivity index (χ1) is 14.1.